The molecule has 0 aliphatic carbocycles. The molecule has 0 bridgehead atoms. The van der Waals surface area contributed by atoms with E-state index in [4.69, 9.17) is 4.74 Å². The molecule has 2 aromatic carbocycles. The molecule has 0 spiro atoms. The fraction of sp³-hybridized carbons (Fsp3) is 0.273. The number of benzene rings is 2. The molecule has 0 radical (unpaired) electrons. The molecule has 1 saturated heterocycles. The zero-order valence-corrected chi connectivity index (χ0v) is 17.2. The Morgan fingerprint density at radius 1 is 1.23 bits per heavy atom. The fourth-order valence-corrected chi connectivity index (χ4v) is 3.38. The summed E-state index contributed by atoms with van der Waals surface area (Å²) >= 11 is 0. The Morgan fingerprint density at radius 2 is 2.10 bits per heavy atom. The van der Waals surface area contributed by atoms with Crippen molar-refractivity contribution in [2.45, 2.75) is 25.5 Å². The van der Waals surface area contributed by atoms with Crippen molar-refractivity contribution in [3.05, 3.63) is 77.9 Å². The molecule has 1 unspecified atom stereocenters. The summed E-state index contributed by atoms with van der Waals surface area (Å²) in [5.41, 5.74) is 1.91. The number of hydrogen-bond acceptors (Lipinski definition) is 4. The van der Waals surface area contributed by atoms with Crippen LogP contribution in [0, 0.1) is 5.82 Å². The van der Waals surface area contributed by atoms with Gasteiger partial charge in [0, 0.05) is 24.5 Å². The highest BCUT2D eigenvalue weighted by molar-refractivity contribution is 6.02. The minimum absolute atomic E-state index is 0. The van der Waals surface area contributed by atoms with E-state index in [1.165, 1.54) is 12.1 Å². The van der Waals surface area contributed by atoms with E-state index in [0.717, 1.165) is 31.5 Å². The first-order chi connectivity index (χ1) is 14.2. The third-order valence-corrected chi connectivity index (χ3v) is 4.87. The monoisotopic (exact) mass is 430 g/mol. The minimum atomic E-state index is -0.341. The van der Waals surface area contributed by atoms with E-state index in [-0.39, 0.29) is 36.8 Å². The molecular formula is C22H24ClFN4O2. The second-order valence-electron chi connectivity index (χ2n) is 7.08. The van der Waals surface area contributed by atoms with Gasteiger partial charge in [-0.1, -0.05) is 18.2 Å². The van der Waals surface area contributed by atoms with Gasteiger partial charge < -0.3 is 15.4 Å². The Bertz CT molecular complexity index is 989. The fourth-order valence-electron chi connectivity index (χ4n) is 3.38. The lowest BCUT2D eigenvalue weighted by Gasteiger charge is -2.22. The Balaban J connectivity index is 0.00000256. The van der Waals surface area contributed by atoms with Gasteiger partial charge in [0.1, 0.15) is 18.2 Å². The quantitative estimate of drug-likeness (QED) is 0.615. The van der Waals surface area contributed by atoms with Crippen LogP contribution in [0.3, 0.4) is 0 Å². The molecule has 1 aliphatic rings. The van der Waals surface area contributed by atoms with Crippen LogP contribution in [-0.2, 0) is 6.61 Å². The van der Waals surface area contributed by atoms with Gasteiger partial charge in [0.25, 0.3) is 5.91 Å². The van der Waals surface area contributed by atoms with E-state index >= 15 is 0 Å². The van der Waals surface area contributed by atoms with Crippen LogP contribution < -0.4 is 15.4 Å². The van der Waals surface area contributed by atoms with Gasteiger partial charge in [-0.05, 0) is 55.3 Å². The number of anilines is 1. The highest BCUT2D eigenvalue weighted by atomic mass is 35.5. The zero-order valence-electron chi connectivity index (χ0n) is 16.4. The number of nitrogens with one attached hydrogen (secondary N) is 2. The Hall–Kier alpha value is -2.90. The van der Waals surface area contributed by atoms with Gasteiger partial charge in [-0.15, -0.1) is 12.4 Å². The lowest BCUT2D eigenvalue weighted by atomic mass is 10.1. The van der Waals surface area contributed by atoms with Crippen LogP contribution in [-0.4, -0.2) is 28.8 Å². The van der Waals surface area contributed by atoms with Crippen molar-refractivity contribution in [3.8, 4) is 5.75 Å². The van der Waals surface area contributed by atoms with E-state index in [1.807, 2.05) is 35.1 Å². The molecule has 8 heteroatoms. The average molecular weight is 431 g/mol. The van der Waals surface area contributed by atoms with Gasteiger partial charge in [-0.25, -0.2) is 4.39 Å². The molecule has 2 heterocycles. The van der Waals surface area contributed by atoms with E-state index in [0.29, 0.717) is 17.1 Å². The van der Waals surface area contributed by atoms with Crippen molar-refractivity contribution in [1.29, 1.82) is 0 Å². The maximum absolute atomic E-state index is 13.2. The Kier molecular flexibility index (Phi) is 7.43. The highest BCUT2D eigenvalue weighted by Gasteiger charge is 2.17. The first-order valence-electron chi connectivity index (χ1n) is 9.72. The molecule has 2 N–H and O–H groups in total. The molecule has 1 atom stereocenters. The molecule has 1 aliphatic heterocycles. The number of hydrogen-bond donors (Lipinski definition) is 2. The molecule has 6 nitrogen and oxygen atoms in total. The highest BCUT2D eigenvalue weighted by Crippen LogP contribution is 2.18. The Morgan fingerprint density at radius 3 is 2.90 bits per heavy atom. The van der Waals surface area contributed by atoms with Gasteiger partial charge in [0.15, 0.2) is 5.69 Å². The Labute approximate surface area is 180 Å². The molecule has 30 heavy (non-hydrogen) atoms. The molecule has 4 rings (SSSR count). The summed E-state index contributed by atoms with van der Waals surface area (Å²) in [5, 5.41) is 10.7. The summed E-state index contributed by atoms with van der Waals surface area (Å²) < 4.78 is 20.7. The van der Waals surface area contributed by atoms with E-state index in [2.05, 4.69) is 15.7 Å². The smallest absolute Gasteiger partial charge is 0.276 e. The van der Waals surface area contributed by atoms with Crippen molar-refractivity contribution >= 4 is 24.0 Å². The lowest BCUT2D eigenvalue weighted by Crippen LogP contribution is -2.32. The summed E-state index contributed by atoms with van der Waals surface area (Å²) in [7, 11) is 0. The van der Waals surface area contributed by atoms with Crippen LogP contribution in [0.5, 0.6) is 5.75 Å². The number of carbonyl (C=O) groups excluding carboxylic acids is 1. The maximum Gasteiger partial charge on any atom is 0.276 e. The van der Waals surface area contributed by atoms with Crippen LogP contribution in [0.4, 0.5) is 10.1 Å². The molecule has 158 valence electrons. The normalized spacial score (nSPS) is 15.8. The third kappa shape index (κ3) is 5.58. The van der Waals surface area contributed by atoms with Gasteiger partial charge in [0.2, 0.25) is 0 Å². The molecule has 1 aromatic heterocycles. The predicted octanol–water partition coefficient (Wildman–Crippen LogP) is 4.20. The summed E-state index contributed by atoms with van der Waals surface area (Å²) in [6, 6.07) is 15.4. The van der Waals surface area contributed by atoms with Crippen molar-refractivity contribution < 1.29 is 13.9 Å². The van der Waals surface area contributed by atoms with Crippen LogP contribution >= 0.6 is 12.4 Å². The number of amides is 1. The standard InChI is InChI=1S/C22H23FN4O2.ClH/c23-17-5-2-8-20(13-17)29-15-16-4-1-6-18(12-16)25-22(28)21-9-11-27(26-21)19-7-3-10-24-14-19;/h1-2,4-6,8-9,11-13,19,24H,3,7,10,14-15H2,(H,25,28);1H. The molecule has 3 aromatic rings. The SMILES string of the molecule is Cl.O=C(Nc1cccc(COc2cccc(F)c2)c1)c1ccn(C2CCCNC2)n1. The number of rotatable bonds is 6. The van der Waals surface area contributed by atoms with Crippen LogP contribution in [0.15, 0.2) is 60.8 Å². The van der Waals surface area contributed by atoms with Gasteiger partial charge >= 0.3 is 0 Å². The van der Waals surface area contributed by atoms with Crippen LogP contribution in [0.25, 0.3) is 0 Å². The van der Waals surface area contributed by atoms with Gasteiger partial charge in [-0.3, -0.25) is 9.48 Å². The van der Waals surface area contributed by atoms with Crippen molar-refractivity contribution in [2.75, 3.05) is 18.4 Å². The van der Waals surface area contributed by atoms with Crippen molar-refractivity contribution in [1.82, 2.24) is 15.1 Å². The lowest BCUT2D eigenvalue weighted by molar-refractivity contribution is 0.102. The van der Waals surface area contributed by atoms with Gasteiger partial charge in [0.05, 0.1) is 6.04 Å². The van der Waals surface area contributed by atoms with Crippen LogP contribution in [0.1, 0.15) is 34.9 Å². The number of halogens is 2. The van der Waals surface area contributed by atoms with E-state index in [9.17, 15) is 9.18 Å². The minimum Gasteiger partial charge on any atom is -0.489 e. The maximum atomic E-state index is 13.2. The number of ether oxygens (including phenoxy) is 1. The van der Waals surface area contributed by atoms with Crippen molar-refractivity contribution in [3.63, 3.8) is 0 Å². The third-order valence-electron chi connectivity index (χ3n) is 4.87. The second kappa shape index (κ2) is 10.2. The first kappa shape index (κ1) is 21.8. The van der Waals surface area contributed by atoms with Crippen LogP contribution in [0.2, 0.25) is 0 Å². The molecule has 1 amide bonds. The summed E-state index contributed by atoms with van der Waals surface area (Å²) in [5.74, 6) is -0.134. The average Bonchev–Trinajstić information content (AvgIpc) is 3.24. The summed E-state index contributed by atoms with van der Waals surface area (Å²) in [6.45, 7) is 2.18. The topological polar surface area (TPSA) is 68.2 Å². The first-order valence-corrected chi connectivity index (χ1v) is 9.72. The molecular weight excluding hydrogens is 407 g/mol. The number of piperidine rings is 1. The number of aromatic nitrogens is 2. The largest absolute Gasteiger partial charge is 0.489 e. The number of nitrogens with zero attached hydrogens (tertiary/aromatic N) is 2. The summed E-state index contributed by atoms with van der Waals surface area (Å²) in [4.78, 5) is 12.6. The molecule has 1 fully saturated rings. The van der Waals surface area contributed by atoms with E-state index < -0.39 is 0 Å². The second-order valence-corrected chi connectivity index (χ2v) is 7.08. The predicted molar refractivity (Wildman–Crippen MR) is 116 cm³/mol. The van der Waals surface area contributed by atoms with E-state index in [1.54, 1.807) is 18.2 Å². The zero-order chi connectivity index (χ0) is 20.1. The molecule has 0 saturated carbocycles. The summed E-state index contributed by atoms with van der Waals surface area (Å²) in [6.07, 6.45) is 4.02. The van der Waals surface area contributed by atoms with Crippen molar-refractivity contribution in [2.24, 2.45) is 0 Å². The number of carbonyl (C=O) groups is 1. The van der Waals surface area contributed by atoms with Gasteiger partial charge in [-0.2, -0.15) is 5.10 Å².